The summed E-state index contributed by atoms with van der Waals surface area (Å²) in [6, 6.07) is 0. The van der Waals surface area contributed by atoms with Gasteiger partial charge in [0, 0.05) is 11.5 Å². The molecule has 0 unspecified atom stereocenters. The highest BCUT2D eigenvalue weighted by molar-refractivity contribution is 5.85. The van der Waals surface area contributed by atoms with Crippen molar-refractivity contribution < 1.29 is 24.9 Å². The van der Waals surface area contributed by atoms with E-state index in [1.165, 1.54) is 0 Å². The van der Waals surface area contributed by atoms with Crippen molar-refractivity contribution in [2.75, 3.05) is 6.61 Å². The first-order chi connectivity index (χ1) is 13.2. The third-order valence-electron chi connectivity index (χ3n) is 9.89. The van der Waals surface area contributed by atoms with Gasteiger partial charge in [0.1, 0.15) is 6.61 Å². The Morgan fingerprint density at radius 1 is 1.11 bits per heavy atom. The maximum absolute atomic E-state index is 12.1. The van der Waals surface area contributed by atoms with Gasteiger partial charge in [-0.3, -0.25) is 0 Å². The van der Waals surface area contributed by atoms with E-state index in [1.54, 1.807) is 6.08 Å². The zero-order valence-corrected chi connectivity index (χ0v) is 17.1. The van der Waals surface area contributed by atoms with E-state index in [1.807, 2.05) is 0 Å². The van der Waals surface area contributed by atoms with Gasteiger partial charge in [-0.15, -0.1) is 0 Å². The first kappa shape index (κ1) is 19.1. The number of ether oxygens (including phenoxy) is 1. The molecule has 4 aliphatic carbocycles. The molecule has 0 aromatic carbocycles. The number of fused-ring (bicyclic) bond motifs is 5. The quantitative estimate of drug-likeness (QED) is 0.599. The van der Waals surface area contributed by atoms with E-state index >= 15 is 0 Å². The predicted molar refractivity (Wildman–Crippen MR) is 103 cm³/mol. The third kappa shape index (κ3) is 2.33. The van der Waals surface area contributed by atoms with E-state index in [-0.39, 0.29) is 35.2 Å². The highest BCUT2D eigenvalue weighted by Crippen LogP contribution is 2.69. The zero-order valence-electron chi connectivity index (χ0n) is 17.1. The van der Waals surface area contributed by atoms with Crippen molar-refractivity contribution in [2.45, 2.75) is 83.0 Å². The molecule has 0 radical (unpaired) electrons. The summed E-state index contributed by atoms with van der Waals surface area (Å²) in [6.07, 6.45) is 7.61. The fourth-order valence-electron chi connectivity index (χ4n) is 8.49. The maximum Gasteiger partial charge on any atom is 0.331 e. The molecule has 4 saturated carbocycles. The van der Waals surface area contributed by atoms with Crippen molar-refractivity contribution in [1.82, 2.24) is 0 Å². The summed E-state index contributed by atoms with van der Waals surface area (Å²) in [5, 5.41) is 33.7. The molecule has 0 bridgehead atoms. The van der Waals surface area contributed by atoms with E-state index in [2.05, 4.69) is 13.8 Å². The first-order valence-corrected chi connectivity index (χ1v) is 11.1. The molecule has 1 heterocycles. The first-order valence-electron chi connectivity index (χ1n) is 11.1. The van der Waals surface area contributed by atoms with E-state index in [9.17, 15) is 20.1 Å². The Morgan fingerprint density at radius 2 is 1.89 bits per heavy atom. The number of rotatable bonds is 1. The van der Waals surface area contributed by atoms with Crippen LogP contribution in [0, 0.1) is 34.5 Å². The highest BCUT2D eigenvalue weighted by Gasteiger charge is 2.69. The van der Waals surface area contributed by atoms with Gasteiger partial charge in [0.25, 0.3) is 0 Å². The highest BCUT2D eigenvalue weighted by atomic mass is 16.5. The fraction of sp³-hybridized carbons (Fsp3) is 0.870. The van der Waals surface area contributed by atoms with Crippen LogP contribution in [0.5, 0.6) is 0 Å². The van der Waals surface area contributed by atoms with Gasteiger partial charge in [0.2, 0.25) is 0 Å². The standard InChI is InChI=1S/C23H34O5/c1-21-7-5-15(24)10-14(21)3-4-17-20(21)18(25)11-22(2)16(6-8-23(17,22)27)13-9-19(26)28-12-13/h9,14-18,20,24-25,27H,3-8,10-12H2,1-2H3/t14-,15-,16-,17-,18-,20-,21+,22-,23-/m1/s1. The Kier molecular flexibility index (Phi) is 4.12. The molecular weight excluding hydrogens is 356 g/mol. The van der Waals surface area contributed by atoms with Crippen molar-refractivity contribution in [1.29, 1.82) is 0 Å². The molecule has 5 nitrogen and oxygen atoms in total. The number of hydrogen-bond donors (Lipinski definition) is 3. The molecule has 5 heteroatoms. The van der Waals surface area contributed by atoms with Gasteiger partial charge in [-0.2, -0.15) is 0 Å². The molecule has 156 valence electrons. The number of carbonyl (C=O) groups excluding carboxylic acids is 1. The number of aliphatic hydroxyl groups is 3. The summed E-state index contributed by atoms with van der Waals surface area (Å²) in [5.41, 5.74) is -0.250. The van der Waals surface area contributed by atoms with Gasteiger partial charge in [-0.25, -0.2) is 4.79 Å². The molecule has 5 rings (SSSR count). The third-order valence-corrected chi connectivity index (χ3v) is 9.89. The van der Waals surface area contributed by atoms with Crippen LogP contribution in [0.1, 0.15) is 65.2 Å². The smallest absolute Gasteiger partial charge is 0.331 e. The molecule has 0 amide bonds. The molecule has 0 saturated heterocycles. The number of aliphatic hydroxyl groups excluding tert-OH is 2. The summed E-state index contributed by atoms with van der Waals surface area (Å²) in [6.45, 7) is 4.76. The summed E-state index contributed by atoms with van der Waals surface area (Å²) in [5.74, 6) is 0.420. The largest absolute Gasteiger partial charge is 0.458 e. The van der Waals surface area contributed by atoms with Crippen LogP contribution < -0.4 is 0 Å². The van der Waals surface area contributed by atoms with Crippen molar-refractivity contribution >= 4 is 5.97 Å². The van der Waals surface area contributed by atoms with Crippen molar-refractivity contribution in [2.24, 2.45) is 34.5 Å². The number of cyclic esters (lactones) is 1. The molecule has 28 heavy (non-hydrogen) atoms. The topological polar surface area (TPSA) is 87.0 Å². The normalized spacial score (nSPS) is 55.8. The molecule has 4 fully saturated rings. The molecule has 0 aromatic rings. The van der Waals surface area contributed by atoms with Crippen molar-refractivity contribution in [3.63, 3.8) is 0 Å². The van der Waals surface area contributed by atoms with Gasteiger partial charge in [-0.05, 0) is 86.0 Å². The van der Waals surface area contributed by atoms with E-state index in [4.69, 9.17) is 4.74 Å². The van der Waals surface area contributed by atoms with Crippen LogP contribution in [0.2, 0.25) is 0 Å². The van der Waals surface area contributed by atoms with Crippen molar-refractivity contribution in [3.05, 3.63) is 11.6 Å². The molecule has 9 atom stereocenters. The molecule has 5 aliphatic rings. The van der Waals surface area contributed by atoms with E-state index in [0.29, 0.717) is 18.9 Å². The summed E-state index contributed by atoms with van der Waals surface area (Å²) >= 11 is 0. The van der Waals surface area contributed by atoms with E-state index in [0.717, 1.165) is 50.5 Å². The maximum atomic E-state index is 12.1. The van der Waals surface area contributed by atoms with Crippen LogP contribution in [-0.2, 0) is 9.53 Å². The summed E-state index contributed by atoms with van der Waals surface area (Å²) in [4.78, 5) is 11.6. The Hall–Kier alpha value is -0.910. The fourth-order valence-corrected chi connectivity index (χ4v) is 8.49. The van der Waals surface area contributed by atoms with Crippen LogP contribution in [0.3, 0.4) is 0 Å². The SMILES string of the molecule is C[C@]12CC[C@@H](O)C[C@H]1CC[C@@H]1[C@@H]2[C@H](O)C[C@]2(C)[C@@H](C3=CC(=O)OC3)CC[C@@]12O. The monoisotopic (exact) mass is 390 g/mol. The molecule has 3 N–H and O–H groups in total. The molecule has 1 aliphatic heterocycles. The zero-order chi connectivity index (χ0) is 19.9. The average Bonchev–Trinajstić information content (AvgIpc) is 3.16. The lowest BCUT2D eigenvalue weighted by atomic mass is 9.42. The molecule has 0 spiro atoms. The van der Waals surface area contributed by atoms with Gasteiger partial charge in [0.05, 0.1) is 17.8 Å². The van der Waals surface area contributed by atoms with Crippen LogP contribution in [-0.4, -0.2) is 45.7 Å². The average molecular weight is 391 g/mol. The minimum atomic E-state index is -0.807. The second-order valence-electron chi connectivity index (χ2n) is 10.9. The second kappa shape index (κ2) is 6.05. The minimum Gasteiger partial charge on any atom is -0.458 e. The van der Waals surface area contributed by atoms with Crippen LogP contribution in [0.4, 0.5) is 0 Å². The van der Waals surface area contributed by atoms with E-state index < -0.39 is 17.1 Å². The number of hydrogen-bond acceptors (Lipinski definition) is 5. The van der Waals surface area contributed by atoms with Crippen LogP contribution in [0.15, 0.2) is 11.6 Å². The Labute approximate surface area is 167 Å². The lowest BCUT2D eigenvalue weighted by molar-refractivity contribution is -0.242. The molecular formula is C23H34O5. The van der Waals surface area contributed by atoms with Gasteiger partial charge >= 0.3 is 5.97 Å². The molecule has 0 aromatic heterocycles. The van der Waals surface area contributed by atoms with Crippen LogP contribution >= 0.6 is 0 Å². The Morgan fingerprint density at radius 3 is 2.61 bits per heavy atom. The lowest BCUT2D eigenvalue weighted by Crippen LogP contribution is -2.66. The minimum absolute atomic E-state index is 0.0115. The van der Waals surface area contributed by atoms with Gasteiger partial charge in [0.15, 0.2) is 0 Å². The summed E-state index contributed by atoms with van der Waals surface area (Å²) in [7, 11) is 0. The number of esters is 1. The van der Waals surface area contributed by atoms with Crippen molar-refractivity contribution in [3.8, 4) is 0 Å². The predicted octanol–water partition coefficient (Wildman–Crippen LogP) is 2.58. The summed E-state index contributed by atoms with van der Waals surface area (Å²) < 4.78 is 5.17. The second-order valence-corrected chi connectivity index (χ2v) is 10.9. The van der Waals surface area contributed by atoms with Crippen LogP contribution in [0.25, 0.3) is 0 Å². The Bertz CT molecular complexity index is 718. The van der Waals surface area contributed by atoms with Gasteiger partial charge in [-0.1, -0.05) is 13.8 Å². The number of carbonyl (C=O) groups is 1. The Balaban J connectivity index is 1.51. The van der Waals surface area contributed by atoms with Gasteiger partial charge < -0.3 is 20.1 Å². The lowest BCUT2D eigenvalue weighted by Gasteiger charge is -2.65.